The first-order valence-corrected chi connectivity index (χ1v) is 7.17. The highest BCUT2D eigenvalue weighted by Gasteiger charge is 2.14. The lowest BCUT2D eigenvalue weighted by atomic mass is 10.2. The molecule has 0 radical (unpaired) electrons. The fourth-order valence-electron chi connectivity index (χ4n) is 1.70. The van der Waals surface area contributed by atoms with Crippen molar-refractivity contribution in [2.45, 2.75) is 13.8 Å². The standard InChI is InChI=1S/C15H16N2O3S/c1-9-5-3-4-6-12(9)17-14(18)8-20-15(19)13-7-11(16)10(2)21-13/h3-7H,8,16H2,1-2H3,(H,17,18). The van der Waals surface area contributed by atoms with Crippen molar-refractivity contribution in [2.75, 3.05) is 17.7 Å². The van der Waals surface area contributed by atoms with Gasteiger partial charge in [-0.15, -0.1) is 11.3 Å². The van der Waals surface area contributed by atoms with Gasteiger partial charge in [-0.25, -0.2) is 4.79 Å². The Morgan fingerprint density at radius 1 is 1.29 bits per heavy atom. The van der Waals surface area contributed by atoms with Gasteiger partial charge in [0.25, 0.3) is 5.91 Å². The van der Waals surface area contributed by atoms with E-state index in [1.807, 2.05) is 32.0 Å². The van der Waals surface area contributed by atoms with Crippen molar-refractivity contribution in [3.05, 3.63) is 45.6 Å². The van der Waals surface area contributed by atoms with Crippen LogP contribution in [0.15, 0.2) is 30.3 Å². The molecule has 2 aromatic rings. The van der Waals surface area contributed by atoms with Gasteiger partial charge in [-0.3, -0.25) is 4.79 Å². The van der Waals surface area contributed by atoms with E-state index in [1.54, 1.807) is 12.1 Å². The number of nitrogens with two attached hydrogens (primary N) is 1. The molecule has 0 atom stereocenters. The minimum atomic E-state index is -0.542. The van der Waals surface area contributed by atoms with Crippen LogP contribution in [0, 0.1) is 13.8 Å². The number of amides is 1. The molecule has 1 heterocycles. The number of anilines is 2. The Balaban J connectivity index is 1.89. The van der Waals surface area contributed by atoms with E-state index in [9.17, 15) is 9.59 Å². The molecule has 0 aliphatic carbocycles. The van der Waals surface area contributed by atoms with Gasteiger partial charge in [0.05, 0.1) is 0 Å². The maximum absolute atomic E-state index is 11.8. The molecule has 0 aliphatic rings. The molecule has 21 heavy (non-hydrogen) atoms. The summed E-state index contributed by atoms with van der Waals surface area (Å²) in [6.07, 6.45) is 0. The molecular formula is C15H16N2O3S. The molecular weight excluding hydrogens is 288 g/mol. The Morgan fingerprint density at radius 3 is 2.62 bits per heavy atom. The molecule has 2 rings (SSSR count). The zero-order chi connectivity index (χ0) is 15.4. The predicted molar refractivity (Wildman–Crippen MR) is 83.6 cm³/mol. The van der Waals surface area contributed by atoms with Gasteiger partial charge >= 0.3 is 5.97 Å². The molecule has 0 saturated carbocycles. The van der Waals surface area contributed by atoms with Crippen molar-refractivity contribution in [2.24, 2.45) is 0 Å². The molecule has 0 fully saturated rings. The van der Waals surface area contributed by atoms with E-state index in [0.717, 1.165) is 10.4 Å². The van der Waals surface area contributed by atoms with Crippen LogP contribution in [0.1, 0.15) is 20.1 Å². The van der Waals surface area contributed by atoms with Crippen LogP contribution in [0.4, 0.5) is 11.4 Å². The van der Waals surface area contributed by atoms with Crippen molar-refractivity contribution in [3.63, 3.8) is 0 Å². The molecule has 110 valence electrons. The highest BCUT2D eigenvalue weighted by Crippen LogP contribution is 2.23. The number of carbonyl (C=O) groups is 2. The van der Waals surface area contributed by atoms with Gasteiger partial charge in [0.2, 0.25) is 0 Å². The van der Waals surface area contributed by atoms with Crippen molar-refractivity contribution in [1.82, 2.24) is 0 Å². The number of para-hydroxylation sites is 1. The summed E-state index contributed by atoms with van der Waals surface area (Å²) in [7, 11) is 0. The van der Waals surface area contributed by atoms with Crippen LogP contribution in [-0.2, 0) is 9.53 Å². The molecule has 0 aliphatic heterocycles. The third-order valence-corrected chi connectivity index (χ3v) is 3.96. The summed E-state index contributed by atoms with van der Waals surface area (Å²) in [5.41, 5.74) is 7.88. The van der Waals surface area contributed by atoms with Gasteiger partial charge in [-0.1, -0.05) is 18.2 Å². The van der Waals surface area contributed by atoms with Gasteiger partial charge in [-0.2, -0.15) is 0 Å². The van der Waals surface area contributed by atoms with E-state index in [0.29, 0.717) is 16.3 Å². The molecule has 0 saturated heterocycles. The van der Waals surface area contributed by atoms with Crippen LogP contribution in [0.5, 0.6) is 0 Å². The number of nitrogen functional groups attached to an aromatic ring is 1. The minimum absolute atomic E-state index is 0.329. The van der Waals surface area contributed by atoms with Crippen molar-refractivity contribution >= 4 is 34.6 Å². The van der Waals surface area contributed by atoms with E-state index in [4.69, 9.17) is 10.5 Å². The third kappa shape index (κ3) is 3.82. The Hall–Kier alpha value is -2.34. The fourth-order valence-corrected chi connectivity index (χ4v) is 2.53. The summed E-state index contributed by atoms with van der Waals surface area (Å²) >= 11 is 1.25. The summed E-state index contributed by atoms with van der Waals surface area (Å²) in [6.45, 7) is 3.38. The van der Waals surface area contributed by atoms with E-state index in [1.165, 1.54) is 11.3 Å². The second-order valence-electron chi connectivity index (χ2n) is 4.56. The van der Waals surface area contributed by atoms with E-state index < -0.39 is 5.97 Å². The maximum atomic E-state index is 11.8. The highest BCUT2D eigenvalue weighted by molar-refractivity contribution is 7.14. The number of rotatable bonds is 4. The van der Waals surface area contributed by atoms with E-state index in [2.05, 4.69) is 5.32 Å². The number of thiophene rings is 1. The summed E-state index contributed by atoms with van der Waals surface area (Å²) in [6, 6.07) is 8.94. The molecule has 0 spiro atoms. The second-order valence-corrected chi connectivity index (χ2v) is 5.82. The van der Waals surface area contributed by atoms with Crippen LogP contribution in [0.3, 0.4) is 0 Å². The number of ether oxygens (including phenoxy) is 1. The van der Waals surface area contributed by atoms with Gasteiger partial charge < -0.3 is 15.8 Å². The van der Waals surface area contributed by atoms with E-state index in [-0.39, 0.29) is 12.5 Å². The molecule has 6 heteroatoms. The molecule has 1 amide bonds. The summed E-state index contributed by atoms with van der Waals surface area (Å²) < 4.78 is 4.97. The summed E-state index contributed by atoms with van der Waals surface area (Å²) in [5.74, 6) is -0.918. The zero-order valence-corrected chi connectivity index (χ0v) is 12.6. The lowest BCUT2D eigenvalue weighted by Crippen LogP contribution is -2.21. The van der Waals surface area contributed by atoms with Gasteiger partial charge in [0.1, 0.15) is 4.88 Å². The number of nitrogens with one attached hydrogen (secondary N) is 1. The lowest BCUT2D eigenvalue weighted by molar-refractivity contribution is -0.119. The third-order valence-electron chi connectivity index (χ3n) is 2.91. The minimum Gasteiger partial charge on any atom is -0.451 e. The zero-order valence-electron chi connectivity index (χ0n) is 11.8. The molecule has 1 aromatic heterocycles. The lowest BCUT2D eigenvalue weighted by Gasteiger charge is -2.08. The van der Waals surface area contributed by atoms with Gasteiger partial charge in [0, 0.05) is 16.3 Å². The van der Waals surface area contributed by atoms with Crippen molar-refractivity contribution < 1.29 is 14.3 Å². The van der Waals surface area contributed by atoms with Crippen LogP contribution >= 0.6 is 11.3 Å². The molecule has 5 nitrogen and oxygen atoms in total. The summed E-state index contributed by atoms with van der Waals surface area (Å²) in [4.78, 5) is 24.8. The number of carbonyl (C=O) groups excluding carboxylic acids is 2. The first-order valence-electron chi connectivity index (χ1n) is 6.36. The number of hydrogen-bond acceptors (Lipinski definition) is 5. The maximum Gasteiger partial charge on any atom is 0.348 e. The van der Waals surface area contributed by atoms with E-state index >= 15 is 0 Å². The smallest absolute Gasteiger partial charge is 0.348 e. The van der Waals surface area contributed by atoms with Gasteiger partial charge in [0.15, 0.2) is 6.61 Å². The fraction of sp³-hybridized carbons (Fsp3) is 0.200. The average molecular weight is 304 g/mol. The Labute approximate surface area is 126 Å². The van der Waals surface area contributed by atoms with Crippen LogP contribution in [0.25, 0.3) is 0 Å². The molecule has 0 bridgehead atoms. The average Bonchev–Trinajstić information content (AvgIpc) is 2.79. The second kappa shape index (κ2) is 6.41. The molecule has 0 unspecified atom stereocenters. The van der Waals surface area contributed by atoms with Crippen molar-refractivity contribution in [3.8, 4) is 0 Å². The Morgan fingerprint density at radius 2 is 2.00 bits per heavy atom. The topological polar surface area (TPSA) is 81.4 Å². The normalized spacial score (nSPS) is 10.2. The van der Waals surface area contributed by atoms with Gasteiger partial charge in [-0.05, 0) is 31.5 Å². The first kappa shape index (κ1) is 15.1. The molecule has 3 N–H and O–H groups in total. The SMILES string of the molecule is Cc1ccccc1NC(=O)COC(=O)c1cc(N)c(C)s1. The number of benzene rings is 1. The largest absolute Gasteiger partial charge is 0.451 e. The Bertz CT molecular complexity index is 660. The van der Waals surface area contributed by atoms with Crippen molar-refractivity contribution in [1.29, 1.82) is 0 Å². The monoisotopic (exact) mass is 304 g/mol. The number of aryl methyl sites for hydroxylation is 2. The summed E-state index contributed by atoms with van der Waals surface area (Å²) in [5, 5.41) is 2.70. The highest BCUT2D eigenvalue weighted by atomic mass is 32.1. The van der Waals surface area contributed by atoms with Crippen LogP contribution in [-0.4, -0.2) is 18.5 Å². The number of hydrogen-bond donors (Lipinski definition) is 2. The quantitative estimate of drug-likeness (QED) is 0.851. The predicted octanol–water partition coefficient (Wildman–Crippen LogP) is 2.74. The van der Waals surface area contributed by atoms with Crippen LogP contribution < -0.4 is 11.1 Å². The number of esters is 1. The molecule has 1 aromatic carbocycles. The van der Waals surface area contributed by atoms with Crippen LogP contribution in [0.2, 0.25) is 0 Å². The Kier molecular flexibility index (Phi) is 4.59. The first-order chi connectivity index (χ1) is 9.97.